The number of allylic oxidation sites excluding steroid dienone is 1. The zero-order chi connectivity index (χ0) is 17.6. The van der Waals surface area contributed by atoms with E-state index in [0.717, 1.165) is 24.3 Å². The highest BCUT2D eigenvalue weighted by Gasteiger charge is 2.46. The third kappa shape index (κ3) is 4.93. The average molecular weight is 331 g/mol. The van der Waals surface area contributed by atoms with Gasteiger partial charge in [-0.15, -0.1) is 0 Å². The van der Waals surface area contributed by atoms with Gasteiger partial charge in [-0.2, -0.15) is 13.2 Å². The third-order valence-electron chi connectivity index (χ3n) is 2.92. The number of ether oxygens (including phenoxy) is 1. The Balaban J connectivity index is 3.07. The zero-order valence-electron chi connectivity index (χ0n) is 11.9. The number of rotatable bonds is 6. The van der Waals surface area contributed by atoms with Crippen molar-refractivity contribution in [3.8, 4) is 0 Å². The van der Waals surface area contributed by atoms with Gasteiger partial charge in [-0.3, -0.25) is 14.9 Å². The molecule has 0 aromatic heterocycles. The van der Waals surface area contributed by atoms with Gasteiger partial charge in [0, 0.05) is 24.1 Å². The SMILES string of the molecule is CCOC(=O)C(CC(=C=O)c1ccc([N+](=O)[O-])cc1)C(F)(F)F. The first-order valence-electron chi connectivity index (χ1n) is 6.42. The molecule has 23 heavy (non-hydrogen) atoms. The molecule has 0 N–H and O–H groups in total. The highest BCUT2D eigenvalue weighted by molar-refractivity contribution is 5.90. The summed E-state index contributed by atoms with van der Waals surface area (Å²) in [5, 5.41) is 10.5. The van der Waals surface area contributed by atoms with Crippen molar-refractivity contribution in [1.82, 2.24) is 0 Å². The van der Waals surface area contributed by atoms with Crippen molar-refractivity contribution in [2.45, 2.75) is 19.5 Å². The summed E-state index contributed by atoms with van der Waals surface area (Å²) in [6.07, 6.45) is -5.85. The summed E-state index contributed by atoms with van der Waals surface area (Å²) in [6.45, 7) is 1.13. The molecule has 0 spiro atoms. The van der Waals surface area contributed by atoms with E-state index in [1.54, 1.807) is 0 Å². The molecule has 6 nitrogen and oxygen atoms in total. The molecule has 0 aliphatic rings. The van der Waals surface area contributed by atoms with Crippen LogP contribution in [0.1, 0.15) is 18.9 Å². The molecule has 0 amide bonds. The quantitative estimate of drug-likeness (QED) is 0.346. The minimum absolute atomic E-state index is 0.0177. The second-order valence-corrected chi connectivity index (χ2v) is 4.43. The molecule has 0 aliphatic heterocycles. The number of esters is 1. The minimum Gasteiger partial charge on any atom is -0.466 e. The van der Waals surface area contributed by atoms with E-state index in [9.17, 15) is 32.9 Å². The molecule has 124 valence electrons. The number of benzene rings is 1. The molecule has 1 rings (SSSR count). The van der Waals surface area contributed by atoms with Crippen molar-refractivity contribution in [3.05, 3.63) is 39.9 Å². The predicted molar refractivity (Wildman–Crippen MR) is 73.0 cm³/mol. The van der Waals surface area contributed by atoms with Crippen molar-refractivity contribution in [2.24, 2.45) is 5.92 Å². The van der Waals surface area contributed by atoms with Gasteiger partial charge in [0.15, 0.2) is 5.92 Å². The topological polar surface area (TPSA) is 86.5 Å². The lowest BCUT2D eigenvalue weighted by Crippen LogP contribution is -2.32. The number of nitro benzene ring substituents is 1. The molecule has 1 unspecified atom stereocenters. The van der Waals surface area contributed by atoms with Crippen LogP contribution in [0.25, 0.3) is 5.57 Å². The van der Waals surface area contributed by atoms with E-state index >= 15 is 0 Å². The van der Waals surface area contributed by atoms with Gasteiger partial charge in [-0.1, -0.05) is 0 Å². The largest absolute Gasteiger partial charge is 0.466 e. The van der Waals surface area contributed by atoms with Gasteiger partial charge in [0.2, 0.25) is 0 Å². The Morgan fingerprint density at radius 1 is 1.35 bits per heavy atom. The molecule has 1 atom stereocenters. The fourth-order valence-electron chi connectivity index (χ4n) is 1.78. The van der Waals surface area contributed by atoms with Gasteiger partial charge in [-0.25, -0.2) is 4.79 Å². The maximum absolute atomic E-state index is 12.9. The highest BCUT2D eigenvalue weighted by atomic mass is 19.4. The van der Waals surface area contributed by atoms with E-state index in [4.69, 9.17) is 0 Å². The summed E-state index contributed by atoms with van der Waals surface area (Å²) in [4.78, 5) is 32.2. The molecule has 9 heteroatoms. The first-order valence-corrected chi connectivity index (χ1v) is 6.42. The van der Waals surface area contributed by atoms with Crippen LogP contribution < -0.4 is 0 Å². The molecule has 1 aromatic rings. The summed E-state index contributed by atoms with van der Waals surface area (Å²) in [7, 11) is 0. The number of carbonyl (C=O) groups is 1. The van der Waals surface area contributed by atoms with E-state index in [0.29, 0.717) is 0 Å². The highest BCUT2D eigenvalue weighted by Crippen LogP contribution is 2.34. The Bertz CT molecular complexity index is 633. The van der Waals surface area contributed by atoms with Crippen LogP contribution in [0.15, 0.2) is 24.3 Å². The maximum Gasteiger partial charge on any atom is 0.402 e. The lowest BCUT2D eigenvalue weighted by Gasteiger charge is -2.18. The molecular weight excluding hydrogens is 319 g/mol. The fraction of sp³-hybridized carbons (Fsp3) is 0.357. The summed E-state index contributed by atoms with van der Waals surface area (Å²) in [5.74, 6) is -2.64. The molecular formula is C14H12F3NO5. The predicted octanol–water partition coefficient (Wildman–Crippen LogP) is 2.94. The number of non-ortho nitro benzene ring substituents is 1. The number of alkyl halides is 3. The lowest BCUT2D eigenvalue weighted by molar-refractivity contribution is -0.384. The van der Waals surface area contributed by atoms with Crippen LogP contribution in [0.4, 0.5) is 18.9 Å². The fourth-order valence-corrected chi connectivity index (χ4v) is 1.78. The summed E-state index contributed by atoms with van der Waals surface area (Å²) in [6, 6.07) is 4.33. The Morgan fingerprint density at radius 3 is 2.30 bits per heavy atom. The molecule has 0 heterocycles. The van der Waals surface area contributed by atoms with E-state index in [1.165, 1.54) is 12.9 Å². The van der Waals surface area contributed by atoms with Gasteiger partial charge in [0.25, 0.3) is 5.69 Å². The number of nitrogens with zero attached hydrogens (tertiary/aromatic N) is 1. The molecule has 0 saturated heterocycles. The van der Waals surface area contributed by atoms with Crippen molar-refractivity contribution in [1.29, 1.82) is 0 Å². The molecule has 0 fully saturated rings. The summed E-state index contributed by atoms with van der Waals surface area (Å²) in [5.41, 5.74) is -0.684. The number of hydrogen-bond acceptors (Lipinski definition) is 5. The Morgan fingerprint density at radius 2 is 1.91 bits per heavy atom. The Kier molecular flexibility index (Phi) is 6.03. The smallest absolute Gasteiger partial charge is 0.402 e. The zero-order valence-corrected chi connectivity index (χ0v) is 11.9. The number of halogens is 3. The van der Waals surface area contributed by atoms with Crippen LogP contribution in [0.3, 0.4) is 0 Å². The normalized spacial score (nSPS) is 12.2. The van der Waals surface area contributed by atoms with Crippen LogP contribution >= 0.6 is 0 Å². The van der Waals surface area contributed by atoms with Crippen molar-refractivity contribution in [2.75, 3.05) is 6.61 Å². The molecule has 0 radical (unpaired) electrons. The number of hydrogen-bond donors (Lipinski definition) is 0. The average Bonchev–Trinajstić information content (AvgIpc) is 2.47. The summed E-state index contributed by atoms with van der Waals surface area (Å²) >= 11 is 0. The first-order chi connectivity index (χ1) is 10.7. The van der Waals surface area contributed by atoms with Crippen LogP contribution in [0.2, 0.25) is 0 Å². The standard InChI is InChI=1S/C14H12F3NO5/c1-2-23-13(20)12(14(15,16)17)7-10(8-19)9-3-5-11(6-4-9)18(21)22/h3-6,12H,2,7H2,1H3. The molecule has 0 bridgehead atoms. The Hall–Kier alpha value is -2.67. The van der Waals surface area contributed by atoms with Crippen LogP contribution in [-0.4, -0.2) is 29.6 Å². The van der Waals surface area contributed by atoms with Crippen molar-refractivity contribution in [3.63, 3.8) is 0 Å². The first kappa shape index (κ1) is 18.4. The Labute approximate surface area is 128 Å². The van der Waals surface area contributed by atoms with Gasteiger partial charge < -0.3 is 4.74 Å². The van der Waals surface area contributed by atoms with E-state index in [2.05, 4.69) is 4.74 Å². The number of carbonyl (C=O) groups excluding carboxylic acids is 2. The second-order valence-electron chi connectivity index (χ2n) is 4.43. The third-order valence-corrected chi connectivity index (χ3v) is 2.92. The van der Waals surface area contributed by atoms with E-state index in [1.807, 2.05) is 0 Å². The second kappa shape index (κ2) is 7.55. The van der Waals surface area contributed by atoms with Crippen molar-refractivity contribution >= 4 is 23.2 Å². The van der Waals surface area contributed by atoms with Crippen molar-refractivity contribution < 1.29 is 32.4 Å². The molecule has 0 saturated carbocycles. The monoisotopic (exact) mass is 331 g/mol. The lowest BCUT2D eigenvalue weighted by atomic mass is 9.94. The summed E-state index contributed by atoms with van der Waals surface area (Å²) < 4.78 is 43.2. The van der Waals surface area contributed by atoms with Crippen LogP contribution in [-0.2, 0) is 14.3 Å². The van der Waals surface area contributed by atoms with Gasteiger partial charge in [-0.05, 0) is 24.6 Å². The van der Waals surface area contributed by atoms with Gasteiger partial charge in [0.05, 0.1) is 11.5 Å². The molecule has 1 aromatic carbocycles. The van der Waals surface area contributed by atoms with Gasteiger partial charge in [0.1, 0.15) is 5.94 Å². The van der Waals surface area contributed by atoms with E-state index < -0.39 is 35.0 Å². The maximum atomic E-state index is 12.9. The number of nitro groups is 1. The molecule has 0 aliphatic carbocycles. The van der Waals surface area contributed by atoms with Gasteiger partial charge >= 0.3 is 12.1 Å². The van der Waals surface area contributed by atoms with Crippen LogP contribution in [0, 0.1) is 16.0 Å². The van der Waals surface area contributed by atoms with Crippen LogP contribution in [0.5, 0.6) is 0 Å². The van der Waals surface area contributed by atoms with E-state index in [-0.39, 0.29) is 17.9 Å². The minimum atomic E-state index is -4.89.